The Balaban J connectivity index is 1.33. The summed E-state index contributed by atoms with van der Waals surface area (Å²) in [5.74, 6) is 0.137. The van der Waals surface area contributed by atoms with E-state index < -0.39 is 0 Å². The molecule has 1 aromatic carbocycles. The second-order valence-corrected chi connectivity index (χ2v) is 7.50. The molecule has 0 bridgehead atoms. The number of nitrogens with zero attached hydrogens (tertiary/aromatic N) is 3. The Labute approximate surface area is 149 Å². The van der Waals surface area contributed by atoms with Gasteiger partial charge in [-0.2, -0.15) is 5.10 Å². The molecule has 4 rings (SSSR count). The molecular formula is C20H26N4O. The lowest BCUT2D eigenvalue weighted by Gasteiger charge is -2.24. The summed E-state index contributed by atoms with van der Waals surface area (Å²) in [7, 11) is 1.94. The first-order chi connectivity index (χ1) is 12.2. The van der Waals surface area contributed by atoms with Crippen molar-refractivity contribution in [1.82, 2.24) is 20.0 Å². The number of benzene rings is 1. The Morgan fingerprint density at radius 1 is 1.32 bits per heavy atom. The molecule has 2 aromatic rings. The van der Waals surface area contributed by atoms with Gasteiger partial charge in [0.25, 0.3) is 0 Å². The third kappa shape index (κ3) is 3.47. The van der Waals surface area contributed by atoms with E-state index in [9.17, 15) is 4.79 Å². The van der Waals surface area contributed by atoms with Crippen molar-refractivity contribution in [1.29, 1.82) is 0 Å². The zero-order chi connectivity index (χ0) is 17.3. The molecule has 0 radical (unpaired) electrons. The van der Waals surface area contributed by atoms with E-state index in [2.05, 4.69) is 45.8 Å². The maximum absolute atomic E-state index is 12.5. The monoisotopic (exact) mass is 338 g/mol. The van der Waals surface area contributed by atoms with Gasteiger partial charge in [0.05, 0.1) is 12.7 Å². The Morgan fingerprint density at radius 3 is 2.80 bits per heavy atom. The van der Waals surface area contributed by atoms with Crippen LogP contribution in [0.15, 0.2) is 42.7 Å². The summed E-state index contributed by atoms with van der Waals surface area (Å²) < 4.78 is 1.84. The Hall–Kier alpha value is -2.14. The Morgan fingerprint density at radius 2 is 2.12 bits per heavy atom. The molecule has 1 aromatic heterocycles. The molecule has 2 fully saturated rings. The van der Waals surface area contributed by atoms with Crippen molar-refractivity contribution < 1.29 is 4.79 Å². The van der Waals surface area contributed by atoms with E-state index in [-0.39, 0.29) is 11.3 Å². The summed E-state index contributed by atoms with van der Waals surface area (Å²) in [4.78, 5) is 14.8. The first-order valence-electron chi connectivity index (χ1n) is 9.21. The molecule has 5 nitrogen and oxygen atoms in total. The van der Waals surface area contributed by atoms with E-state index in [1.54, 1.807) is 0 Å². The number of hydrogen-bond acceptors (Lipinski definition) is 3. The quantitative estimate of drug-likeness (QED) is 0.880. The van der Waals surface area contributed by atoms with Crippen LogP contribution in [0.25, 0.3) is 0 Å². The van der Waals surface area contributed by atoms with E-state index >= 15 is 0 Å². The molecule has 1 amide bonds. The number of amides is 1. The molecular weight excluding hydrogens is 312 g/mol. The number of carbonyl (C=O) groups is 1. The van der Waals surface area contributed by atoms with Crippen molar-refractivity contribution in [2.75, 3.05) is 19.6 Å². The molecule has 0 spiro atoms. The zero-order valence-electron chi connectivity index (χ0n) is 14.8. The van der Waals surface area contributed by atoms with Crippen LogP contribution in [-0.2, 0) is 17.3 Å². The van der Waals surface area contributed by atoms with E-state index in [4.69, 9.17) is 0 Å². The highest BCUT2D eigenvalue weighted by molar-refractivity contribution is 5.78. The molecule has 1 saturated heterocycles. The predicted molar refractivity (Wildman–Crippen MR) is 97.1 cm³/mol. The van der Waals surface area contributed by atoms with Crippen LogP contribution in [0.2, 0.25) is 0 Å². The van der Waals surface area contributed by atoms with Crippen molar-refractivity contribution in [2.24, 2.45) is 7.05 Å². The van der Waals surface area contributed by atoms with Crippen LogP contribution in [0.1, 0.15) is 42.9 Å². The van der Waals surface area contributed by atoms with Crippen LogP contribution in [-0.4, -0.2) is 40.2 Å². The molecule has 1 N–H and O–H groups in total. The van der Waals surface area contributed by atoms with Crippen molar-refractivity contribution in [3.8, 4) is 0 Å². The van der Waals surface area contributed by atoms with Crippen LogP contribution >= 0.6 is 0 Å². The maximum atomic E-state index is 12.5. The number of hydrogen-bond donors (Lipinski definition) is 1. The SMILES string of the molecule is Cn1cc(C2CCCN2CC(=O)NCC2(c3ccccc3)CC2)cn1. The van der Waals surface area contributed by atoms with Gasteiger partial charge in [-0.25, -0.2) is 0 Å². The van der Waals surface area contributed by atoms with Crippen molar-refractivity contribution >= 4 is 5.91 Å². The first-order valence-corrected chi connectivity index (χ1v) is 9.21. The highest BCUT2D eigenvalue weighted by Crippen LogP contribution is 2.47. The van der Waals surface area contributed by atoms with Crippen LogP contribution in [0.4, 0.5) is 0 Å². The van der Waals surface area contributed by atoms with Gasteiger partial charge in [0.1, 0.15) is 0 Å². The normalized spacial score (nSPS) is 22.0. The molecule has 5 heteroatoms. The van der Waals surface area contributed by atoms with E-state index in [1.165, 1.54) is 24.0 Å². The van der Waals surface area contributed by atoms with Crippen molar-refractivity contribution in [3.05, 3.63) is 53.9 Å². The largest absolute Gasteiger partial charge is 0.354 e. The molecule has 1 saturated carbocycles. The highest BCUT2D eigenvalue weighted by Gasteiger charge is 2.44. The molecule has 1 aliphatic heterocycles. The van der Waals surface area contributed by atoms with Crippen LogP contribution in [0.5, 0.6) is 0 Å². The average Bonchev–Trinajstić information content (AvgIpc) is 3.08. The molecule has 1 atom stereocenters. The Bertz CT molecular complexity index is 735. The average molecular weight is 338 g/mol. The van der Waals surface area contributed by atoms with Gasteiger partial charge in [0, 0.05) is 36.8 Å². The number of aromatic nitrogens is 2. The highest BCUT2D eigenvalue weighted by atomic mass is 16.2. The third-order valence-corrected chi connectivity index (χ3v) is 5.68. The minimum absolute atomic E-state index is 0.137. The molecule has 2 aliphatic rings. The summed E-state index contributed by atoms with van der Waals surface area (Å²) in [5, 5.41) is 7.46. The van der Waals surface area contributed by atoms with Gasteiger partial charge >= 0.3 is 0 Å². The number of aryl methyl sites for hydroxylation is 1. The topological polar surface area (TPSA) is 50.2 Å². The number of carbonyl (C=O) groups excluding carboxylic acids is 1. The fourth-order valence-corrected chi connectivity index (χ4v) is 4.02. The van der Waals surface area contributed by atoms with Gasteiger partial charge in [-0.15, -0.1) is 0 Å². The predicted octanol–water partition coefficient (Wildman–Crippen LogP) is 2.41. The third-order valence-electron chi connectivity index (χ3n) is 5.68. The van der Waals surface area contributed by atoms with Gasteiger partial charge in [0.15, 0.2) is 0 Å². The fourth-order valence-electron chi connectivity index (χ4n) is 4.02. The molecule has 1 aliphatic carbocycles. The van der Waals surface area contributed by atoms with E-state index in [0.29, 0.717) is 12.6 Å². The summed E-state index contributed by atoms with van der Waals surface area (Å²) in [6.07, 6.45) is 8.57. The maximum Gasteiger partial charge on any atom is 0.234 e. The second-order valence-electron chi connectivity index (χ2n) is 7.50. The fraction of sp³-hybridized carbons (Fsp3) is 0.500. The van der Waals surface area contributed by atoms with Gasteiger partial charge < -0.3 is 5.32 Å². The summed E-state index contributed by atoms with van der Waals surface area (Å²) in [6, 6.07) is 10.9. The lowest BCUT2D eigenvalue weighted by molar-refractivity contribution is -0.122. The minimum Gasteiger partial charge on any atom is -0.354 e. The van der Waals surface area contributed by atoms with Crippen LogP contribution < -0.4 is 5.32 Å². The summed E-state index contributed by atoms with van der Waals surface area (Å²) in [6.45, 7) is 2.21. The van der Waals surface area contributed by atoms with Gasteiger partial charge in [0.2, 0.25) is 5.91 Å². The van der Waals surface area contributed by atoms with Gasteiger partial charge in [-0.05, 0) is 37.8 Å². The lowest BCUT2D eigenvalue weighted by atomic mass is 9.96. The van der Waals surface area contributed by atoms with E-state index in [0.717, 1.165) is 25.9 Å². The summed E-state index contributed by atoms with van der Waals surface area (Å²) in [5.41, 5.74) is 2.74. The molecule has 25 heavy (non-hydrogen) atoms. The van der Waals surface area contributed by atoms with Crippen molar-refractivity contribution in [2.45, 2.75) is 37.1 Å². The van der Waals surface area contributed by atoms with E-state index in [1.807, 2.05) is 24.0 Å². The van der Waals surface area contributed by atoms with Crippen LogP contribution in [0.3, 0.4) is 0 Å². The number of likely N-dealkylation sites (tertiary alicyclic amines) is 1. The number of nitrogens with one attached hydrogen (secondary N) is 1. The van der Waals surface area contributed by atoms with Crippen LogP contribution in [0, 0.1) is 0 Å². The minimum atomic E-state index is 0.137. The zero-order valence-corrected chi connectivity index (χ0v) is 14.8. The summed E-state index contributed by atoms with van der Waals surface area (Å²) >= 11 is 0. The van der Waals surface area contributed by atoms with Gasteiger partial charge in [-0.3, -0.25) is 14.4 Å². The van der Waals surface area contributed by atoms with Crippen molar-refractivity contribution in [3.63, 3.8) is 0 Å². The number of rotatable bonds is 6. The molecule has 1 unspecified atom stereocenters. The molecule has 132 valence electrons. The second kappa shape index (κ2) is 6.64. The lowest BCUT2D eigenvalue weighted by Crippen LogP contribution is -2.40. The Kier molecular flexibility index (Phi) is 4.34. The molecule has 2 heterocycles. The smallest absolute Gasteiger partial charge is 0.234 e. The first kappa shape index (κ1) is 16.3. The van der Waals surface area contributed by atoms with Gasteiger partial charge in [-0.1, -0.05) is 30.3 Å². The standard InChI is InChI=1S/C20H26N4O/c1-23-13-16(12-22-23)18-8-5-11-24(18)14-19(25)21-15-20(9-10-20)17-6-3-2-4-7-17/h2-4,6-7,12-13,18H,5,8-11,14-15H2,1H3,(H,21,25).